The van der Waals surface area contributed by atoms with Crippen molar-refractivity contribution in [1.29, 1.82) is 0 Å². The Bertz CT molecular complexity index is 962. The molecule has 0 aromatic heterocycles. The molecule has 1 amide bonds. The van der Waals surface area contributed by atoms with Crippen molar-refractivity contribution < 1.29 is 9.53 Å². The lowest BCUT2D eigenvalue weighted by atomic mass is 9.81. The van der Waals surface area contributed by atoms with Crippen LogP contribution in [-0.2, 0) is 11.2 Å². The first-order valence-corrected chi connectivity index (χ1v) is 9.73. The average Bonchev–Trinajstić information content (AvgIpc) is 3.08. The molecule has 0 N–H and O–H groups in total. The molecule has 5 rings (SSSR count). The summed E-state index contributed by atoms with van der Waals surface area (Å²) in [5, 5.41) is 0.842. The fourth-order valence-electron chi connectivity index (χ4n) is 4.01. The van der Waals surface area contributed by atoms with Gasteiger partial charge >= 0.3 is 0 Å². The second-order valence-corrected chi connectivity index (χ2v) is 7.57. The van der Waals surface area contributed by atoms with Gasteiger partial charge < -0.3 is 4.74 Å². The van der Waals surface area contributed by atoms with E-state index in [4.69, 9.17) is 9.73 Å². The SMILES string of the molecule is COc1ccc(C2N=C3SCC(=O)N3C3=C2c2ccccc2CC3)cc1. The maximum Gasteiger partial charge on any atom is 0.243 e. The Balaban J connectivity index is 1.70. The van der Waals surface area contributed by atoms with E-state index in [9.17, 15) is 4.79 Å². The van der Waals surface area contributed by atoms with Gasteiger partial charge in [-0.3, -0.25) is 9.69 Å². The van der Waals surface area contributed by atoms with Crippen LogP contribution < -0.4 is 4.74 Å². The van der Waals surface area contributed by atoms with E-state index in [1.54, 1.807) is 18.9 Å². The summed E-state index contributed by atoms with van der Waals surface area (Å²) in [6, 6.07) is 16.5. The second-order valence-electron chi connectivity index (χ2n) is 6.62. The lowest BCUT2D eigenvalue weighted by Crippen LogP contribution is -2.35. The molecule has 3 aliphatic rings. The monoisotopic (exact) mass is 362 g/mol. The van der Waals surface area contributed by atoms with E-state index >= 15 is 0 Å². The molecular formula is C21H18N2O2S. The molecule has 0 spiro atoms. The van der Waals surface area contributed by atoms with Crippen LogP contribution in [0.1, 0.15) is 29.2 Å². The van der Waals surface area contributed by atoms with Crippen LogP contribution >= 0.6 is 11.8 Å². The molecule has 2 aliphatic heterocycles. The number of benzene rings is 2. The maximum atomic E-state index is 12.5. The molecule has 0 bridgehead atoms. The van der Waals surface area contributed by atoms with Crippen molar-refractivity contribution in [3.8, 4) is 5.75 Å². The molecule has 1 saturated heterocycles. The summed E-state index contributed by atoms with van der Waals surface area (Å²) in [6.07, 6.45) is 1.84. The van der Waals surface area contributed by atoms with Crippen LogP contribution in [0, 0.1) is 0 Å². The van der Waals surface area contributed by atoms with Crippen LogP contribution in [0.4, 0.5) is 0 Å². The van der Waals surface area contributed by atoms with Gasteiger partial charge in [0.15, 0.2) is 5.17 Å². The number of aliphatic imine (C=N–C) groups is 1. The van der Waals surface area contributed by atoms with Crippen LogP contribution in [0.2, 0.25) is 0 Å². The first-order valence-electron chi connectivity index (χ1n) is 8.75. The Morgan fingerprint density at radius 2 is 1.92 bits per heavy atom. The van der Waals surface area contributed by atoms with Crippen molar-refractivity contribution in [2.75, 3.05) is 12.9 Å². The van der Waals surface area contributed by atoms with Gasteiger partial charge in [0.1, 0.15) is 11.8 Å². The minimum absolute atomic E-state index is 0.0815. The van der Waals surface area contributed by atoms with Gasteiger partial charge in [0.2, 0.25) is 5.91 Å². The predicted molar refractivity (Wildman–Crippen MR) is 104 cm³/mol. The minimum atomic E-state index is -0.0815. The number of methoxy groups -OCH3 is 1. The Morgan fingerprint density at radius 1 is 1.12 bits per heavy atom. The Morgan fingerprint density at radius 3 is 2.73 bits per heavy atom. The van der Waals surface area contributed by atoms with Crippen molar-refractivity contribution in [1.82, 2.24) is 4.90 Å². The summed E-state index contributed by atoms with van der Waals surface area (Å²) in [7, 11) is 1.67. The lowest BCUT2D eigenvalue weighted by molar-refractivity contribution is -0.122. The topological polar surface area (TPSA) is 41.9 Å². The van der Waals surface area contributed by atoms with Gasteiger partial charge in [0.05, 0.1) is 12.9 Å². The molecule has 4 nitrogen and oxygen atoms in total. The molecule has 1 atom stereocenters. The summed E-state index contributed by atoms with van der Waals surface area (Å²) in [4.78, 5) is 19.3. The fraction of sp³-hybridized carbons (Fsp3) is 0.238. The zero-order chi connectivity index (χ0) is 17.7. The van der Waals surface area contributed by atoms with Crippen LogP contribution in [0.25, 0.3) is 5.57 Å². The zero-order valence-electron chi connectivity index (χ0n) is 14.4. The predicted octanol–water partition coefficient (Wildman–Crippen LogP) is 4.04. The van der Waals surface area contributed by atoms with Gasteiger partial charge in [-0.15, -0.1) is 0 Å². The third kappa shape index (κ3) is 2.31. The Labute approximate surface area is 156 Å². The first kappa shape index (κ1) is 15.7. The number of amidine groups is 1. The number of hydrogen-bond acceptors (Lipinski definition) is 4. The molecule has 1 unspecified atom stereocenters. The number of carbonyl (C=O) groups excluding carboxylic acids is 1. The van der Waals surface area contributed by atoms with Gasteiger partial charge in [0, 0.05) is 11.3 Å². The van der Waals surface area contributed by atoms with Crippen molar-refractivity contribution in [3.63, 3.8) is 0 Å². The van der Waals surface area contributed by atoms with E-state index in [-0.39, 0.29) is 11.9 Å². The maximum absolute atomic E-state index is 12.5. The quantitative estimate of drug-likeness (QED) is 0.810. The number of carbonyl (C=O) groups is 1. The summed E-state index contributed by atoms with van der Waals surface area (Å²) >= 11 is 1.55. The lowest BCUT2D eigenvalue weighted by Gasteiger charge is -2.35. The van der Waals surface area contributed by atoms with Gasteiger partial charge in [-0.1, -0.05) is 48.2 Å². The number of rotatable bonds is 2. The number of allylic oxidation sites excluding steroid dienone is 1. The minimum Gasteiger partial charge on any atom is -0.497 e. The van der Waals surface area contributed by atoms with Crippen molar-refractivity contribution >= 4 is 28.4 Å². The smallest absolute Gasteiger partial charge is 0.243 e. The highest BCUT2D eigenvalue weighted by molar-refractivity contribution is 8.15. The molecule has 2 aromatic rings. The van der Waals surface area contributed by atoms with Crippen LogP contribution in [-0.4, -0.2) is 28.8 Å². The first-order chi connectivity index (χ1) is 12.8. The van der Waals surface area contributed by atoms with Gasteiger partial charge in [-0.2, -0.15) is 0 Å². The zero-order valence-corrected chi connectivity index (χ0v) is 15.3. The van der Waals surface area contributed by atoms with Gasteiger partial charge in [0.25, 0.3) is 0 Å². The van der Waals surface area contributed by atoms with E-state index < -0.39 is 0 Å². The standard InChI is InChI=1S/C21H18N2O2S/c1-25-15-9-6-14(7-10-15)20-19-16-5-3-2-4-13(16)8-11-17(19)23-18(24)12-26-21(23)22-20/h2-7,9-10,20H,8,11-12H2,1H3. The molecule has 26 heavy (non-hydrogen) atoms. The fourth-order valence-corrected chi connectivity index (χ4v) is 4.91. The van der Waals surface area contributed by atoms with E-state index in [0.29, 0.717) is 5.75 Å². The molecular weight excluding hydrogens is 344 g/mol. The summed E-state index contributed by atoms with van der Waals surface area (Å²) in [5.41, 5.74) is 5.99. The number of nitrogens with zero attached hydrogens (tertiary/aromatic N) is 2. The van der Waals surface area contributed by atoms with Crippen LogP contribution in [0.5, 0.6) is 5.75 Å². The molecule has 2 aromatic carbocycles. The normalized spacial score (nSPS) is 21.1. The number of aryl methyl sites for hydroxylation is 1. The molecule has 1 aliphatic carbocycles. The Hall–Kier alpha value is -2.53. The molecule has 0 saturated carbocycles. The van der Waals surface area contributed by atoms with Gasteiger partial charge in [-0.05, 0) is 41.7 Å². The highest BCUT2D eigenvalue weighted by Crippen LogP contribution is 2.48. The average molecular weight is 362 g/mol. The van der Waals surface area contributed by atoms with Crippen molar-refractivity contribution in [2.24, 2.45) is 4.99 Å². The molecule has 2 heterocycles. The summed E-state index contributed by atoms with van der Waals surface area (Å²) in [5.74, 6) is 1.46. The number of thioether (sulfide) groups is 1. The highest BCUT2D eigenvalue weighted by Gasteiger charge is 2.40. The molecule has 1 fully saturated rings. The van der Waals surface area contributed by atoms with Crippen LogP contribution in [0.3, 0.4) is 0 Å². The molecule has 0 radical (unpaired) electrons. The summed E-state index contributed by atoms with van der Waals surface area (Å²) in [6.45, 7) is 0. The third-order valence-electron chi connectivity index (χ3n) is 5.23. The van der Waals surface area contributed by atoms with E-state index in [2.05, 4.69) is 36.4 Å². The highest BCUT2D eigenvalue weighted by atomic mass is 32.2. The number of hydrogen-bond donors (Lipinski definition) is 0. The number of amides is 1. The number of fused-ring (bicyclic) bond motifs is 4. The second kappa shape index (κ2) is 6.02. The van der Waals surface area contributed by atoms with Gasteiger partial charge in [-0.25, -0.2) is 4.99 Å². The largest absolute Gasteiger partial charge is 0.497 e. The van der Waals surface area contributed by atoms with Crippen LogP contribution in [0.15, 0.2) is 59.2 Å². The molecule has 130 valence electrons. The molecule has 5 heteroatoms. The van der Waals surface area contributed by atoms with E-state index in [1.807, 2.05) is 17.0 Å². The van der Waals surface area contributed by atoms with E-state index in [1.165, 1.54) is 16.7 Å². The van der Waals surface area contributed by atoms with Crippen molar-refractivity contribution in [3.05, 3.63) is 70.9 Å². The van der Waals surface area contributed by atoms with Crippen molar-refractivity contribution in [2.45, 2.75) is 18.9 Å². The van der Waals surface area contributed by atoms with E-state index in [0.717, 1.165) is 35.0 Å². The Kier molecular flexibility index (Phi) is 3.64. The number of ether oxygens (including phenoxy) is 1. The summed E-state index contributed by atoms with van der Waals surface area (Å²) < 4.78 is 5.30. The third-order valence-corrected chi connectivity index (χ3v) is 6.17.